The van der Waals surface area contributed by atoms with Gasteiger partial charge in [0.15, 0.2) is 0 Å². The van der Waals surface area contributed by atoms with Gasteiger partial charge in [0.25, 0.3) is 0 Å². The van der Waals surface area contributed by atoms with E-state index in [2.05, 4.69) is 0 Å². The molecule has 0 unspecified atom stereocenters. The number of nitrogens with zero attached hydrogens (tertiary/aromatic N) is 1. The van der Waals surface area contributed by atoms with Crippen LogP contribution in [-0.4, -0.2) is 8.42 Å². The van der Waals surface area contributed by atoms with Crippen LogP contribution in [-0.2, 0) is 9.84 Å². The van der Waals surface area contributed by atoms with Crippen molar-refractivity contribution in [3.05, 3.63) is 39.7 Å². The maximum atomic E-state index is 11.6. The molecule has 0 saturated carbocycles. The van der Waals surface area contributed by atoms with E-state index in [1.165, 1.54) is 24.3 Å². The number of sulfone groups is 1. The molecule has 1 rings (SSSR count). The first-order valence-corrected chi connectivity index (χ1v) is 6.04. The topological polar surface area (TPSA) is 57.9 Å². The molecule has 78 valence electrons. The molecular weight excluding hydrogens is 257 g/mol. The Balaban J connectivity index is 3.26. The summed E-state index contributed by atoms with van der Waals surface area (Å²) in [5, 5.41) is 8.96. The van der Waals surface area contributed by atoms with Gasteiger partial charge in [-0.15, -0.1) is 0 Å². The average molecular weight is 262 g/mol. The standard InChI is InChI=1S/C9H5Cl2NO2S/c10-7-2-1-3-9(4-7)15(13,14)6-8(11)5-12/h1-4,6H. The van der Waals surface area contributed by atoms with Crippen molar-refractivity contribution in [2.45, 2.75) is 4.90 Å². The summed E-state index contributed by atoms with van der Waals surface area (Å²) < 4.78 is 23.2. The minimum absolute atomic E-state index is 0.00315. The Morgan fingerprint density at radius 1 is 1.47 bits per heavy atom. The van der Waals surface area contributed by atoms with Crippen molar-refractivity contribution in [2.24, 2.45) is 0 Å². The molecule has 0 amide bonds. The second kappa shape index (κ2) is 4.67. The van der Waals surface area contributed by atoms with E-state index in [0.29, 0.717) is 10.4 Å². The van der Waals surface area contributed by atoms with Crippen LogP contribution in [0.4, 0.5) is 0 Å². The van der Waals surface area contributed by atoms with Crippen LogP contribution in [0.15, 0.2) is 39.6 Å². The maximum Gasteiger partial charge on any atom is 0.202 e. The Morgan fingerprint density at radius 2 is 2.13 bits per heavy atom. The first-order chi connectivity index (χ1) is 6.95. The zero-order valence-electron chi connectivity index (χ0n) is 7.31. The van der Waals surface area contributed by atoms with Crippen molar-refractivity contribution in [3.8, 4) is 6.07 Å². The fourth-order valence-electron chi connectivity index (χ4n) is 0.875. The summed E-state index contributed by atoms with van der Waals surface area (Å²) in [5.41, 5.74) is 0. The van der Waals surface area contributed by atoms with Gasteiger partial charge in [-0.25, -0.2) is 8.42 Å². The lowest BCUT2D eigenvalue weighted by Gasteiger charge is -1.98. The lowest BCUT2D eigenvalue weighted by molar-refractivity contribution is 0.604. The fraction of sp³-hybridized carbons (Fsp3) is 0. The quantitative estimate of drug-likeness (QED) is 0.770. The third-order valence-corrected chi connectivity index (χ3v) is 3.51. The van der Waals surface area contributed by atoms with Crippen molar-refractivity contribution in [1.29, 1.82) is 5.26 Å². The summed E-state index contributed by atoms with van der Waals surface area (Å²) in [5.74, 6) is 0. The van der Waals surface area contributed by atoms with E-state index in [1.54, 1.807) is 6.07 Å². The highest BCUT2D eigenvalue weighted by molar-refractivity contribution is 7.94. The molecule has 0 saturated heterocycles. The lowest BCUT2D eigenvalue weighted by Crippen LogP contribution is -1.96. The van der Waals surface area contributed by atoms with Gasteiger partial charge in [0.2, 0.25) is 9.84 Å². The first kappa shape index (κ1) is 12.1. The van der Waals surface area contributed by atoms with Gasteiger partial charge in [-0.2, -0.15) is 5.26 Å². The molecule has 0 bridgehead atoms. The Kier molecular flexibility index (Phi) is 3.75. The monoisotopic (exact) mass is 261 g/mol. The SMILES string of the molecule is N#CC(Cl)=CS(=O)(=O)c1cccc(Cl)c1. The number of benzene rings is 1. The molecule has 0 fully saturated rings. The van der Waals surface area contributed by atoms with Crippen molar-refractivity contribution < 1.29 is 8.42 Å². The summed E-state index contributed by atoms with van der Waals surface area (Å²) in [6, 6.07) is 7.24. The van der Waals surface area contributed by atoms with Gasteiger partial charge < -0.3 is 0 Å². The van der Waals surface area contributed by atoms with Crippen molar-refractivity contribution in [3.63, 3.8) is 0 Å². The molecule has 15 heavy (non-hydrogen) atoms. The molecule has 0 radical (unpaired) electrons. The average Bonchev–Trinajstić information content (AvgIpc) is 2.17. The third kappa shape index (κ3) is 3.24. The molecule has 0 spiro atoms. The molecular formula is C9H5Cl2NO2S. The van der Waals surface area contributed by atoms with E-state index < -0.39 is 14.9 Å². The van der Waals surface area contributed by atoms with Gasteiger partial charge >= 0.3 is 0 Å². The van der Waals surface area contributed by atoms with Gasteiger partial charge in [0, 0.05) is 5.02 Å². The maximum absolute atomic E-state index is 11.6. The van der Waals surface area contributed by atoms with E-state index in [-0.39, 0.29) is 4.90 Å². The van der Waals surface area contributed by atoms with Crippen LogP contribution in [0.25, 0.3) is 0 Å². The molecule has 0 atom stereocenters. The zero-order valence-corrected chi connectivity index (χ0v) is 9.64. The molecule has 3 nitrogen and oxygen atoms in total. The van der Waals surface area contributed by atoms with Crippen LogP contribution < -0.4 is 0 Å². The van der Waals surface area contributed by atoms with Crippen molar-refractivity contribution >= 4 is 33.0 Å². The summed E-state index contributed by atoms with van der Waals surface area (Å²) in [4.78, 5) is 0.00315. The predicted molar refractivity (Wildman–Crippen MR) is 58.2 cm³/mol. The third-order valence-electron chi connectivity index (χ3n) is 1.49. The zero-order chi connectivity index (χ0) is 11.5. The first-order valence-electron chi connectivity index (χ1n) is 3.73. The molecule has 0 heterocycles. The van der Waals surface area contributed by atoms with E-state index in [1.807, 2.05) is 0 Å². The summed E-state index contributed by atoms with van der Waals surface area (Å²) in [6.45, 7) is 0. The number of hydrogen-bond acceptors (Lipinski definition) is 3. The van der Waals surface area contributed by atoms with E-state index in [9.17, 15) is 8.42 Å². The Hall–Kier alpha value is -1.02. The normalized spacial score (nSPS) is 12.2. The highest BCUT2D eigenvalue weighted by atomic mass is 35.5. The van der Waals surface area contributed by atoms with Crippen LogP contribution in [0.5, 0.6) is 0 Å². The van der Waals surface area contributed by atoms with Gasteiger partial charge in [-0.3, -0.25) is 0 Å². The van der Waals surface area contributed by atoms with Crippen LogP contribution in [0.2, 0.25) is 5.02 Å². The number of rotatable bonds is 2. The Bertz CT molecular complexity index is 543. The number of nitriles is 1. The van der Waals surface area contributed by atoms with Crippen LogP contribution >= 0.6 is 23.2 Å². The number of hydrogen-bond donors (Lipinski definition) is 0. The highest BCUT2D eigenvalue weighted by Gasteiger charge is 2.12. The number of allylic oxidation sites excluding steroid dienone is 1. The Labute approximate surface area is 97.5 Å². The number of halogens is 2. The van der Waals surface area contributed by atoms with Gasteiger partial charge in [0.05, 0.1) is 10.3 Å². The van der Waals surface area contributed by atoms with Gasteiger partial charge in [0.1, 0.15) is 11.1 Å². The van der Waals surface area contributed by atoms with Crippen molar-refractivity contribution in [1.82, 2.24) is 0 Å². The fourth-order valence-corrected chi connectivity index (χ4v) is 2.50. The molecule has 0 aliphatic heterocycles. The second-order valence-corrected chi connectivity index (χ2v) is 5.22. The largest absolute Gasteiger partial charge is 0.219 e. The van der Waals surface area contributed by atoms with E-state index in [4.69, 9.17) is 28.5 Å². The Morgan fingerprint density at radius 3 is 2.67 bits per heavy atom. The molecule has 1 aromatic carbocycles. The lowest BCUT2D eigenvalue weighted by atomic mass is 10.4. The van der Waals surface area contributed by atoms with Gasteiger partial charge in [-0.05, 0) is 18.2 Å². The van der Waals surface area contributed by atoms with E-state index in [0.717, 1.165) is 0 Å². The summed E-state index contributed by atoms with van der Waals surface area (Å²) in [6.07, 6.45) is 0. The van der Waals surface area contributed by atoms with Crippen LogP contribution in [0, 0.1) is 11.3 Å². The van der Waals surface area contributed by atoms with E-state index >= 15 is 0 Å². The van der Waals surface area contributed by atoms with Gasteiger partial charge in [-0.1, -0.05) is 29.3 Å². The summed E-state index contributed by atoms with van der Waals surface area (Å²) in [7, 11) is -3.70. The molecule has 0 aromatic heterocycles. The van der Waals surface area contributed by atoms with Crippen LogP contribution in [0.3, 0.4) is 0 Å². The molecule has 1 aromatic rings. The minimum atomic E-state index is -3.70. The van der Waals surface area contributed by atoms with Crippen LogP contribution in [0.1, 0.15) is 0 Å². The molecule has 0 aliphatic carbocycles. The predicted octanol–water partition coefficient (Wildman–Crippen LogP) is 2.72. The minimum Gasteiger partial charge on any atom is -0.219 e. The smallest absolute Gasteiger partial charge is 0.202 e. The highest BCUT2D eigenvalue weighted by Crippen LogP contribution is 2.19. The second-order valence-electron chi connectivity index (χ2n) is 2.58. The molecule has 0 aliphatic rings. The summed E-state index contributed by atoms with van der Waals surface area (Å²) >= 11 is 11.0. The van der Waals surface area contributed by atoms with Crippen molar-refractivity contribution in [2.75, 3.05) is 0 Å². The molecule has 6 heteroatoms. The molecule has 0 N–H and O–H groups in total.